The van der Waals surface area contributed by atoms with Crippen LogP contribution in [0, 0.1) is 5.92 Å². The fourth-order valence-corrected chi connectivity index (χ4v) is 2.80. The number of methoxy groups -OCH3 is 2. The number of hydrogen-bond donors (Lipinski definition) is 1. The average Bonchev–Trinajstić information content (AvgIpc) is 2.86. The Morgan fingerprint density at radius 3 is 2.63 bits per heavy atom. The molecule has 1 aromatic carbocycles. The van der Waals surface area contributed by atoms with Crippen molar-refractivity contribution in [3.8, 4) is 11.5 Å². The molecule has 1 aromatic rings. The molecule has 4 nitrogen and oxygen atoms in total. The van der Waals surface area contributed by atoms with Gasteiger partial charge in [0.2, 0.25) is 0 Å². The van der Waals surface area contributed by atoms with E-state index in [-0.39, 0.29) is 6.04 Å². The molecule has 0 spiro atoms. The molecule has 2 rings (SSSR count). The van der Waals surface area contributed by atoms with E-state index in [4.69, 9.17) is 14.2 Å². The molecule has 19 heavy (non-hydrogen) atoms. The fourth-order valence-electron chi connectivity index (χ4n) is 2.80. The Labute approximate surface area is 115 Å². The second-order valence-electron chi connectivity index (χ2n) is 5.01. The van der Waals surface area contributed by atoms with Crippen LogP contribution in [0.2, 0.25) is 0 Å². The predicted molar refractivity (Wildman–Crippen MR) is 74.9 cm³/mol. The standard InChI is InChI=1S/C15H23NO3/c1-10-7-11(9-19-10)15(16-2)13-6-5-12(17-3)8-14(13)18-4/h5-6,8,10-11,15-16H,7,9H2,1-4H3. The molecule has 4 heteroatoms. The molecule has 1 fully saturated rings. The van der Waals surface area contributed by atoms with Crippen LogP contribution in [-0.2, 0) is 4.74 Å². The third kappa shape index (κ3) is 3.01. The lowest BCUT2D eigenvalue weighted by atomic mass is 9.90. The van der Waals surface area contributed by atoms with Crippen LogP contribution < -0.4 is 14.8 Å². The summed E-state index contributed by atoms with van der Waals surface area (Å²) in [5.41, 5.74) is 1.16. The van der Waals surface area contributed by atoms with Crippen molar-refractivity contribution in [2.45, 2.75) is 25.5 Å². The van der Waals surface area contributed by atoms with Crippen molar-refractivity contribution < 1.29 is 14.2 Å². The Kier molecular flexibility index (Phi) is 4.66. The van der Waals surface area contributed by atoms with E-state index in [9.17, 15) is 0 Å². The van der Waals surface area contributed by atoms with Crippen LogP contribution in [0.25, 0.3) is 0 Å². The van der Waals surface area contributed by atoms with Gasteiger partial charge in [0, 0.05) is 23.6 Å². The zero-order valence-corrected chi connectivity index (χ0v) is 12.1. The molecule has 1 aliphatic rings. The summed E-state index contributed by atoms with van der Waals surface area (Å²) in [6.07, 6.45) is 1.41. The van der Waals surface area contributed by atoms with Gasteiger partial charge in [0.05, 0.1) is 26.9 Å². The van der Waals surface area contributed by atoms with Crippen LogP contribution in [-0.4, -0.2) is 34.0 Å². The highest BCUT2D eigenvalue weighted by atomic mass is 16.5. The van der Waals surface area contributed by atoms with Crippen molar-refractivity contribution in [3.05, 3.63) is 23.8 Å². The zero-order valence-electron chi connectivity index (χ0n) is 12.1. The van der Waals surface area contributed by atoms with Gasteiger partial charge in [-0.2, -0.15) is 0 Å². The van der Waals surface area contributed by atoms with E-state index in [0.29, 0.717) is 12.0 Å². The lowest BCUT2D eigenvalue weighted by Crippen LogP contribution is -2.26. The lowest BCUT2D eigenvalue weighted by Gasteiger charge is -2.24. The number of ether oxygens (including phenoxy) is 3. The maximum Gasteiger partial charge on any atom is 0.127 e. The summed E-state index contributed by atoms with van der Waals surface area (Å²) in [5, 5.41) is 3.39. The molecule has 1 aliphatic heterocycles. The lowest BCUT2D eigenvalue weighted by molar-refractivity contribution is 0.117. The summed E-state index contributed by atoms with van der Waals surface area (Å²) in [6, 6.07) is 6.22. The van der Waals surface area contributed by atoms with Crippen molar-refractivity contribution in [1.29, 1.82) is 0 Å². The van der Waals surface area contributed by atoms with Gasteiger partial charge >= 0.3 is 0 Å². The number of hydrogen-bond acceptors (Lipinski definition) is 4. The number of benzene rings is 1. The number of nitrogens with one attached hydrogen (secondary N) is 1. The molecule has 1 saturated heterocycles. The second kappa shape index (κ2) is 6.26. The van der Waals surface area contributed by atoms with Crippen LogP contribution in [0.5, 0.6) is 11.5 Å². The first-order valence-electron chi connectivity index (χ1n) is 6.70. The Morgan fingerprint density at radius 1 is 1.32 bits per heavy atom. The van der Waals surface area contributed by atoms with Gasteiger partial charge in [0.1, 0.15) is 11.5 Å². The smallest absolute Gasteiger partial charge is 0.127 e. The van der Waals surface area contributed by atoms with Crippen molar-refractivity contribution in [3.63, 3.8) is 0 Å². The summed E-state index contributed by atoms with van der Waals surface area (Å²) in [6.45, 7) is 2.92. The second-order valence-corrected chi connectivity index (χ2v) is 5.01. The first-order chi connectivity index (χ1) is 9.19. The molecule has 0 bridgehead atoms. The van der Waals surface area contributed by atoms with Crippen molar-refractivity contribution >= 4 is 0 Å². The predicted octanol–water partition coefficient (Wildman–Crippen LogP) is 2.39. The largest absolute Gasteiger partial charge is 0.497 e. The van der Waals surface area contributed by atoms with Crippen LogP contribution in [0.1, 0.15) is 24.9 Å². The zero-order chi connectivity index (χ0) is 13.8. The topological polar surface area (TPSA) is 39.7 Å². The molecule has 0 amide bonds. The van der Waals surface area contributed by atoms with Gasteiger partial charge in [-0.05, 0) is 26.5 Å². The molecule has 1 heterocycles. The maximum absolute atomic E-state index is 5.68. The first-order valence-corrected chi connectivity index (χ1v) is 6.70. The minimum Gasteiger partial charge on any atom is -0.497 e. The van der Waals surface area contributed by atoms with Crippen molar-refractivity contribution in [1.82, 2.24) is 5.32 Å². The minimum absolute atomic E-state index is 0.241. The third-order valence-corrected chi connectivity index (χ3v) is 3.79. The van der Waals surface area contributed by atoms with Crippen LogP contribution >= 0.6 is 0 Å². The van der Waals surface area contributed by atoms with E-state index in [1.54, 1.807) is 14.2 Å². The van der Waals surface area contributed by atoms with Crippen LogP contribution in [0.4, 0.5) is 0 Å². The molecule has 0 saturated carbocycles. The van der Waals surface area contributed by atoms with Gasteiger partial charge in [-0.15, -0.1) is 0 Å². The Balaban J connectivity index is 2.27. The Morgan fingerprint density at radius 2 is 2.11 bits per heavy atom. The van der Waals surface area contributed by atoms with E-state index in [0.717, 1.165) is 30.1 Å². The summed E-state index contributed by atoms with van der Waals surface area (Å²) in [7, 11) is 5.34. The van der Waals surface area contributed by atoms with Crippen LogP contribution in [0.15, 0.2) is 18.2 Å². The van der Waals surface area contributed by atoms with Gasteiger partial charge in [-0.3, -0.25) is 0 Å². The van der Waals surface area contributed by atoms with Gasteiger partial charge in [0.25, 0.3) is 0 Å². The summed E-state index contributed by atoms with van der Waals surface area (Å²) < 4.78 is 16.4. The number of rotatable bonds is 5. The van der Waals surface area contributed by atoms with Crippen molar-refractivity contribution in [2.75, 3.05) is 27.9 Å². The monoisotopic (exact) mass is 265 g/mol. The molecule has 3 unspecified atom stereocenters. The minimum atomic E-state index is 0.241. The first kappa shape index (κ1) is 14.2. The van der Waals surface area contributed by atoms with E-state index < -0.39 is 0 Å². The fraction of sp³-hybridized carbons (Fsp3) is 0.600. The molecule has 0 radical (unpaired) electrons. The molecular weight excluding hydrogens is 242 g/mol. The van der Waals surface area contributed by atoms with E-state index in [1.165, 1.54) is 0 Å². The van der Waals surface area contributed by atoms with E-state index >= 15 is 0 Å². The van der Waals surface area contributed by atoms with Gasteiger partial charge in [-0.25, -0.2) is 0 Å². The third-order valence-electron chi connectivity index (χ3n) is 3.79. The normalized spacial score (nSPS) is 24.2. The highest BCUT2D eigenvalue weighted by Gasteiger charge is 2.31. The van der Waals surface area contributed by atoms with Gasteiger partial charge < -0.3 is 19.5 Å². The van der Waals surface area contributed by atoms with E-state index in [1.807, 2.05) is 19.2 Å². The molecular formula is C15H23NO3. The van der Waals surface area contributed by atoms with Crippen LogP contribution in [0.3, 0.4) is 0 Å². The SMILES string of the molecule is CNC(c1ccc(OC)cc1OC)C1COC(C)C1. The molecule has 106 valence electrons. The highest BCUT2D eigenvalue weighted by molar-refractivity contribution is 5.42. The molecule has 1 N–H and O–H groups in total. The summed E-state index contributed by atoms with van der Waals surface area (Å²) in [5.74, 6) is 2.15. The van der Waals surface area contributed by atoms with Crippen molar-refractivity contribution in [2.24, 2.45) is 5.92 Å². The Bertz CT molecular complexity index is 422. The molecule has 0 aromatic heterocycles. The maximum atomic E-state index is 5.68. The van der Waals surface area contributed by atoms with E-state index in [2.05, 4.69) is 18.3 Å². The quantitative estimate of drug-likeness (QED) is 0.887. The summed E-state index contributed by atoms with van der Waals surface area (Å²) in [4.78, 5) is 0. The Hall–Kier alpha value is -1.26. The molecule has 0 aliphatic carbocycles. The molecule has 3 atom stereocenters. The summed E-state index contributed by atoms with van der Waals surface area (Å²) >= 11 is 0. The van der Waals surface area contributed by atoms with Gasteiger partial charge in [-0.1, -0.05) is 6.07 Å². The highest BCUT2D eigenvalue weighted by Crippen LogP contribution is 2.37. The average molecular weight is 265 g/mol. The van der Waals surface area contributed by atoms with Gasteiger partial charge in [0.15, 0.2) is 0 Å².